The van der Waals surface area contributed by atoms with Gasteiger partial charge in [0.05, 0.1) is 12.1 Å². The lowest BCUT2D eigenvalue weighted by atomic mass is 9.87. The van der Waals surface area contributed by atoms with Crippen LogP contribution >= 0.6 is 11.6 Å². The summed E-state index contributed by atoms with van der Waals surface area (Å²) in [5, 5.41) is 4.09. The summed E-state index contributed by atoms with van der Waals surface area (Å²) >= 11 is 6.22. The third kappa shape index (κ3) is 2.82. The Bertz CT molecular complexity index is 438. The van der Waals surface area contributed by atoms with Gasteiger partial charge in [0.15, 0.2) is 0 Å². The smallest absolute Gasteiger partial charge is 0.137 e. The number of rotatable bonds is 3. The molecule has 0 saturated carbocycles. The number of piperidine rings is 1. The van der Waals surface area contributed by atoms with Crippen LogP contribution in [-0.2, 0) is 0 Å². The van der Waals surface area contributed by atoms with E-state index in [-0.39, 0.29) is 0 Å². The van der Waals surface area contributed by atoms with E-state index >= 15 is 0 Å². The zero-order chi connectivity index (χ0) is 14.0. The average molecular weight is 283 g/mol. The van der Waals surface area contributed by atoms with E-state index in [0.717, 1.165) is 18.7 Å². The molecule has 2 rings (SSSR count). The van der Waals surface area contributed by atoms with E-state index in [9.17, 15) is 0 Å². The minimum Gasteiger partial charge on any atom is -0.495 e. The molecule has 3 atom stereocenters. The van der Waals surface area contributed by atoms with Gasteiger partial charge < -0.3 is 15.0 Å². The quantitative estimate of drug-likeness (QED) is 0.922. The van der Waals surface area contributed by atoms with Crippen molar-refractivity contribution in [3.8, 4) is 5.75 Å². The van der Waals surface area contributed by atoms with Gasteiger partial charge in [0.25, 0.3) is 0 Å². The van der Waals surface area contributed by atoms with Crippen LogP contribution in [0.3, 0.4) is 0 Å². The maximum atomic E-state index is 6.22. The molecule has 1 aliphatic rings. The fraction of sp³-hybridized carbons (Fsp3) is 0.600. The summed E-state index contributed by atoms with van der Waals surface area (Å²) in [5.74, 6) is 1.34. The SMILES string of the molecule is CNC1CCN(c2ccc(OC)c(Cl)c2)C(C)C1C. The van der Waals surface area contributed by atoms with Gasteiger partial charge in [-0.05, 0) is 44.5 Å². The van der Waals surface area contributed by atoms with Gasteiger partial charge >= 0.3 is 0 Å². The maximum Gasteiger partial charge on any atom is 0.137 e. The molecule has 1 saturated heterocycles. The van der Waals surface area contributed by atoms with Crippen LogP contribution in [0.5, 0.6) is 5.75 Å². The Hall–Kier alpha value is -0.930. The molecular weight excluding hydrogens is 260 g/mol. The molecule has 3 unspecified atom stereocenters. The van der Waals surface area contributed by atoms with Crippen LogP contribution in [0, 0.1) is 5.92 Å². The molecule has 3 nitrogen and oxygen atoms in total. The van der Waals surface area contributed by atoms with E-state index in [1.54, 1.807) is 7.11 Å². The maximum absolute atomic E-state index is 6.22. The predicted molar refractivity (Wildman–Crippen MR) is 81.4 cm³/mol. The second-order valence-electron chi connectivity index (χ2n) is 5.30. The molecule has 1 fully saturated rings. The standard InChI is InChI=1S/C15H23ClN2O/c1-10-11(2)18(8-7-14(10)17-3)12-5-6-15(19-4)13(16)9-12/h5-6,9-11,14,17H,7-8H2,1-4H3. The first-order chi connectivity index (χ1) is 9.08. The van der Waals surface area contributed by atoms with Crippen molar-refractivity contribution in [1.29, 1.82) is 0 Å². The minimum absolute atomic E-state index is 0.496. The average Bonchev–Trinajstić information content (AvgIpc) is 2.41. The molecule has 1 aliphatic heterocycles. The zero-order valence-electron chi connectivity index (χ0n) is 12.1. The Morgan fingerprint density at radius 2 is 2.11 bits per heavy atom. The number of benzene rings is 1. The summed E-state index contributed by atoms with van der Waals surface area (Å²) in [6.07, 6.45) is 1.16. The van der Waals surface area contributed by atoms with Crippen molar-refractivity contribution >= 4 is 17.3 Å². The van der Waals surface area contributed by atoms with Gasteiger partial charge in [-0.25, -0.2) is 0 Å². The molecule has 1 heterocycles. The molecule has 0 aromatic heterocycles. The normalized spacial score (nSPS) is 27.4. The largest absolute Gasteiger partial charge is 0.495 e. The van der Waals surface area contributed by atoms with Crippen molar-refractivity contribution in [2.24, 2.45) is 5.92 Å². The van der Waals surface area contributed by atoms with E-state index in [2.05, 4.69) is 30.1 Å². The van der Waals surface area contributed by atoms with Crippen LogP contribution in [0.1, 0.15) is 20.3 Å². The highest BCUT2D eigenvalue weighted by Crippen LogP contribution is 2.33. The van der Waals surface area contributed by atoms with Gasteiger partial charge in [0.1, 0.15) is 5.75 Å². The van der Waals surface area contributed by atoms with E-state index < -0.39 is 0 Å². The molecule has 0 bridgehead atoms. The first kappa shape index (κ1) is 14.5. The molecular formula is C15H23ClN2O. The first-order valence-electron chi connectivity index (χ1n) is 6.86. The molecule has 1 aromatic carbocycles. The van der Waals surface area contributed by atoms with Crippen molar-refractivity contribution in [2.45, 2.75) is 32.4 Å². The Kier molecular flexibility index (Phi) is 4.58. The van der Waals surface area contributed by atoms with Crippen molar-refractivity contribution in [3.63, 3.8) is 0 Å². The lowest BCUT2D eigenvalue weighted by molar-refractivity contribution is 0.282. The highest BCUT2D eigenvalue weighted by atomic mass is 35.5. The van der Waals surface area contributed by atoms with Crippen molar-refractivity contribution < 1.29 is 4.74 Å². The van der Waals surface area contributed by atoms with E-state index in [4.69, 9.17) is 16.3 Å². The Morgan fingerprint density at radius 3 is 2.68 bits per heavy atom. The van der Waals surface area contributed by atoms with Crippen LogP contribution in [-0.4, -0.2) is 32.8 Å². The second kappa shape index (κ2) is 6.02. The van der Waals surface area contributed by atoms with Gasteiger partial charge in [0, 0.05) is 24.3 Å². The summed E-state index contributed by atoms with van der Waals surface area (Å²) in [5.41, 5.74) is 1.18. The van der Waals surface area contributed by atoms with Crippen molar-refractivity contribution in [2.75, 3.05) is 25.6 Å². The highest BCUT2D eigenvalue weighted by molar-refractivity contribution is 6.32. The molecule has 0 amide bonds. The van der Waals surface area contributed by atoms with E-state index in [1.165, 1.54) is 5.69 Å². The molecule has 19 heavy (non-hydrogen) atoms. The summed E-state index contributed by atoms with van der Waals surface area (Å²) < 4.78 is 5.21. The van der Waals surface area contributed by atoms with Gasteiger partial charge in [-0.2, -0.15) is 0 Å². The van der Waals surface area contributed by atoms with Crippen LogP contribution in [0.2, 0.25) is 5.02 Å². The first-order valence-corrected chi connectivity index (χ1v) is 7.23. The highest BCUT2D eigenvalue weighted by Gasteiger charge is 2.31. The topological polar surface area (TPSA) is 24.5 Å². The number of nitrogens with zero attached hydrogens (tertiary/aromatic N) is 1. The number of halogens is 1. The molecule has 1 N–H and O–H groups in total. The fourth-order valence-electron chi connectivity index (χ4n) is 2.97. The number of hydrogen-bond donors (Lipinski definition) is 1. The lowest BCUT2D eigenvalue weighted by Crippen LogP contribution is -2.52. The number of hydrogen-bond acceptors (Lipinski definition) is 3. The lowest BCUT2D eigenvalue weighted by Gasteiger charge is -2.44. The summed E-state index contributed by atoms with van der Waals surface area (Å²) in [7, 11) is 3.69. The van der Waals surface area contributed by atoms with Gasteiger partial charge in [0.2, 0.25) is 0 Å². The Balaban J connectivity index is 2.20. The monoisotopic (exact) mass is 282 g/mol. The summed E-state index contributed by atoms with van der Waals surface area (Å²) in [6.45, 7) is 5.65. The van der Waals surface area contributed by atoms with Crippen molar-refractivity contribution in [3.05, 3.63) is 23.2 Å². The third-order valence-corrected chi connectivity index (χ3v) is 4.70. The Labute approximate surface area is 120 Å². The molecule has 0 aliphatic carbocycles. The molecule has 0 radical (unpaired) electrons. The molecule has 0 spiro atoms. The predicted octanol–water partition coefficient (Wildman–Crippen LogP) is 3.17. The minimum atomic E-state index is 0.496. The van der Waals surface area contributed by atoms with E-state index in [1.807, 2.05) is 19.2 Å². The second-order valence-corrected chi connectivity index (χ2v) is 5.70. The van der Waals surface area contributed by atoms with Gasteiger partial charge in [-0.1, -0.05) is 18.5 Å². The molecule has 106 valence electrons. The fourth-order valence-corrected chi connectivity index (χ4v) is 3.22. The Morgan fingerprint density at radius 1 is 1.37 bits per heavy atom. The van der Waals surface area contributed by atoms with E-state index in [0.29, 0.717) is 23.0 Å². The van der Waals surface area contributed by atoms with Gasteiger partial charge in [-0.15, -0.1) is 0 Å². The summed E-state index contributed by atoms with van der Waals surface area (Å²) in [6, 6.07) is 7.13. The summed E-state index contributed by atoms with van der Waals surface area (Å²) in [4.78, 5) is 2.43. The number of nitrogens with one attached hydrogen (secondary N) is 1. The van der Waals surface area contributed by atoms with Gasteiger partial charge in [-0.3, -0.25) is 0 Å². The van der Waals surface area contributed by atoms with Crippen molar-refractivity contribution in [1.82, 2.24) is 5.32 Å². The number of methoxy groups -OCH3 is 1. The van der Waals surface area contributed by atoms with Crippen LogP contribution < -0.4 is 15.0 Å². The third-order valence-electron chi connectivity index (χ3n) is 4.41. The van der Waals surface area contributed by atoms with Crippen LogP contribution in [0.15, 0.2) is 18.2 Å². The number of ether oxygens (including phenoxy) is 1. The molecule has 4 heteroatoms. The zero-order valence-corrected chi connectivity index (χ0v) is 12.9. The molecule has 1 aromatic rings. The van der Waals surface area contributed by atoms with Crippen LogP contribution in [0.25, 0.3) is 0 Å². The van der Waals surface area contributed by atoms with Crippen LogP contribution in [0.4, 0.5) is 5.69 Å². The number of anilines is 1.